The van der Waals surface area contributed by atoms with E-state index < -0.39 is 16.1 Å². The summed E-state index contributed by atoms with van der Waals surface area (Å²) in [4.78, 5) is 12.2. The van der Waals surface area contributed by atoms with Crippen LogP contribution in [-0.4, -0.2) is 28.2 Å². The van der Waals surface area contributed by atoms with Gasteiger partial charge in [0.2, 0.25) is 0 Å². The van der Waals surface area contributed by atoms with E-state index in [1.165, 1.54) is 43.5 Å². The molecule has 0 N–H and O–H groups in total. The fourth-order valence-corrected chi connectivity index (χ4v) is 3.42. The molecule has 128 valence electrons. The maximum absolute atomic E-state index is 12.9. The number of sulfonamides is 1. The van der Waals surface area contributed by atoms with E-state index in [2.05, 4.69) is 0 Å². The summed E-state index contributed by atoms with van der Waals surface area (Å²) >= 11 is 5.79. The van der Waals surface area contributed by atoms with E-state index in [1.807, 2.05) is 0 Å². The predicted octanol–water partition coefficient (Wildman–Crippen LogP) is 3.70. The molecule has 0 saturated heterocycles. The van der Waals surface area contributed by atoms with E-state index in [4.69, 9.17) is 21.1 Å². The summed E-state index contributed by atoms with van der Waals surface area (Å²) in [6.07, 6.45) is -0.988. The van der Waals surface area contributed by atoms with Gasteiger partial charge in [0.25, 0.3) is 10.0 Å². The molecule has 0 atom stereocenters. The molecule has 0 unspecified atom stereocenters. The first kappa shape index (κ1) is 18.1. The molecule has 0 aliphatic rings. The number of hydrogen-bond acceptors (Lipinski definition) is 5. The number of hydrogen-bond donors (Lipinski definition) is 0. The van der Waals surface area contributed by atoms with Crippen molar-refractivity contribution in [1.82, 2.24) is 0 Å². The van der Waals surface area contributed by atoms with Gasteiger partial charge in [0, 0.05) is 5.02 Å². The van der Waals surface area contributed by atoms with Gasteiger partial charge in [-0.05, 0) is 55.5 Å². The Labute approximate surface area is 145 Å². The minimum Gasteiger partial charge on any atom is -0.497 e. The number of halogens is 1. The number of carbonyl (C=O) groups excluding carboxylic acids is 1. The molecule has 6 nitrogen and oxygen atoms in total. The Morgan fingerprint density at radius 2 is 1.67 bits per heavy atom. The third kappa shape index (κ3) is 3.80. The molecule has 24 heavy (non-hydrogen) atoms. The molecule has 0 aromatic heterocycles. The van der Waals surface area contributed by atoms with E-state index in [-0.39, 0.29) is 17.2 Å². The van der Waals surface area contributed by atoms with E-state index >= 15 is 0 Å². The molecule has 8 heteroatoms. The Bertz CT molecular complexity index is 803. The van der Waals surface area contributed by atoms with Crippen molar-refractivity contribution in [1.29, 1.82) is 0 Å². The molecule has 0 heterocycles. The lowest BCUT2D eigenvalue weighted by Crippen LogP contribution is -2.37. The standard InChI is InChI=1S/C16H16ClNO5S/c1-3-23-16(19)18(13-6-8-14(22-2)9-7-13)24(20,21)15-10-4-12(17)5-11-15/h4-11H,3H2,1-2H3. The minimum atomic E-state index is -4.15. The van der Waals surface area contributed by atoms with Crippen molar-refractivity contribution in [2.24, 2.45) is 0 Å². The Hall–Kier alpha value is -2.25. The van der Waals surface area contributed by atoms with Crippen molar-refractivity contribution in [2.75, 3.05) is 18.0 Å². The number of anilines is 1. The predicted molar refractivity (Wildman–Crippen MR) is 91.1 cm³/mol. The van der Waals surface area contributed by atoms with Gasteiger partial charge in [0.1, 0.15) is 5.75 Å². The number of carbonyl (C=O) groups is 1. The van der Waals surface area contributed by atoms with Crippen LogP contribution in [0.5, 0.6) is 5.75 Å². The van der Waals surface area contributed by atoms with Gasteiger partial charge in [0.15, 0.2) is 0 Å². The van der Waals surface area contributed by atoms with Crippen LogP contribution in [0, 0.1) is 0 Å². The Morgan fingerprint density at radius 1 is 1.08 bits per heavy atom. The molecular formula is C16H16ClNO5S. The fourth-order valence-electron chi connectivity index (χ4n) is 1.95. The second kappa shape index (κ2) is 7.55. The van der Waals surface area contributed by atoms with Crippen LogP contribution >= 0.6 is 11.6 Å². The number of benzene rings is 2. The lowest BCUT2D eigenvalue weighted by Gasteiger charge is -2.22. The molecule has 1 amide bonds. The molecule has 0 aliphatic carbocycles. The largest absolute Gasteiger partial charge is 0.497 e. The summed E-state index contributed by atoms with van der Waals surface area (Å²) in [7, 11) is -2.66. The van der Waals surface area contributed by atoms with E-state index in [0.717, 1.165) is 0 Å². The first-order valence-corrected chi connectivity index (χ1v) is 8.83. The average molecular weight is 370 g/mol. The van der Waals surface area contributed by atoms with Crippen LogP contribution in [0.15, 0.2) is 53.4 Å². The topological polar surface area (TPSA) is 72.9 Å². The zero-order chi connectivity index (χ0) is 17.7. The van der Waals surface area contributed by atoms with Crippen molar-refractivity contribution < 1.29 is 22.7 Å². The Balaban J connectivity index is 2.52. The van der Waals surface area contributed by atoms with Crippen molar-refractivity contribution in [2.45, 2.75) is 11.8 Å². The zero-order valence-electron chi connectivity index (χ0n) is 13.1. The van der Waals surface area contributed by atoms with Crippen LogP contribution in [0.1, 0.15) is 6.92 Å². The highest BCUT2D eigenvalue weighted by Gasteiger charge is 2.32. The molecule has 0 spiro atoms. The lowest BCUT2D eigenvalue weighted by molar-refractivity contribution is 0.164. The number of ether oxygens (including phenoxy) is 2. The van der Waals surface area contributed by atoms with Crippen LogP contribution in [0.4, 0.5) is 10.5 Å². The maximum Gasteiger partial charge on any atom is 0.428 e. The molecular weight excluding hydrogens is 354 g/mol. The molecule has 0 radical (unpaired) electrons. The summed E-state index contributed by atoms with van der Waals surface area (Å²) < 4.78 is 36.3. The molecule has 2 rings (SSSR count). The van der Waals surface area contributed by atoms with E-state index in [1.54, 1.807) is 19.1 Å². The molecule has 0 saturated carbocycles. The van der Waals surface area contributed by atoms with Crippen LogP contribution in [0.3, 0.4) is 0 Å². The van der Waals surface area contributed by atoms with Gasteiger partial charge in [-0.1, -0.05) is 11.6 Å². The van der Waals surface area contributed by atoms with Crippen molar-refractivity contribution >= 4 is 33.4 Å². The fraction of sp³-hybridized carbons (Fsp3) is 0.188. The average Bonchev–Trinajstić information content (AvgIpc) is 2.56. The maximum atomic E-state index is 12.9. The number of rotatable bonds is 5. The highest BCUT2D eigenvalue weighted by Crippen LogP contribution is 2.27. The molecule has 2 aromatic rings. The van der Waals surface area contributed by atoms with Gasteiger partial charge < -0.3 is 9.47 Å². The van der Waals surface area contributed by atoms with Gasteiger partial charge >= 0.3 is 6.09 Å². The van der Waals surface area contributed by atoms with Gasteiger partial charge in [-0.3, -0.25) is 0 Å². The summed E-state index contributed by atoms with van der Waals surface area (Å²) in [5, 5.41) is 0.390. The summed E-state index contributed by atoms with van der Waals surface area (Å²) in [5.74, 6) is 0.534. The molecule has 0 bridgehead atoms. The van der Waals surface area contributed by atoms with Crippen LogP contribution in [0.25, 0.3) is 0 Å². The first-order chi connectivity index (χ1) is 11.4. The van der Waals surface area contributed by atoms with Gasteiger partial charge in [-0.25, -0.2) is 13.2 Å². The van der Waals surface area contributed by atoms with Crippen molar-refractivity contribution in [3.63, 3.8) is 0 Å². The normalized spacial score (nSPS) is 11.0. The molecule has 0 fully saturated rings. The highest BCUT2D eigenvalue weighted by molar-refractivity contribution is 7.93. The molecule has 0 aliphatic heterocycles. The van der Waals surface area contributed by atoms with Crippen LogP contribution in [0.2, 0.25) is 5.02 Å². The van der Waals surface area contributed by atoms with Gasteiger partial charge in [0.05, 0.1) is 24.3 Å². The second-order valence-electron chi connectivity index (χ2n) is 4.62. The van der Waals surface area contributed by atoms with Crippen molar-refractivity contribution in [3.05, 3.63) is 53.6 Å². The number of amides is 1. The minimum absolute atomic E-state index is 0.0433. The van der Waals surface area contributed by atoms with Gasteiger partial charge in [-0.15, -0.1) is 0 Å². The van der Waals surface area contributed by atoms with Gasteiger partial charge in [-0.2, -0.15) is 4.31 Å². The third-order valence-electron chi connectivity index (χ3n) is 3.09. The Morgan fingerprint density at radius 3 is 2.17 bits per heavy atom. The smallest absolute Gasteiger partial charge is 0.428 e. The van der Waals surface area contributed by atoms with E-state index in [0.29, 0.717) is 15.1 Å². The highest BCUT2D eigenvalue weighted by atomic mass is 35.5. The number of methoxy groups -OCH3 is 1. The first-order valence-electron chi connectivity index (χ1n) is 7.02. The van der Waals surface area contributed by atoms with E-state index in [9.17, 15) is 13.2 Å². The summed E-state index contributed by atoms with van der Waals surface area (Å²) in [5.41, 5.74) is 0.143. The van der Waals surface area contributed by atoms with Crippen LogP contribution in [-0.2, 0) is 14.8 Å². The van der Waals surface area contributed by atoms with Crippen LogP contribution < -0.4 is 9.04 Å². The van der Waals surface area contributed by atoms with Crippen molar-refractivity contribution in [3.8, 4) is 5.75 Å². The Kier molecular flexibility index (Phi) is 5.69. The third-order valence-corrected chi connectivity index (χ3v) is 5.05. The number of nitrogens with zero attached hydrogens (tertiary/aromatic N) is 1. The lowest BCUT2D eigenvalue weighted by atomic mass is 10.3. The monoisotopic (exact) mass is 369 g/mol. The zero-order valence-corrected chi connectivity index (χ0v) is 14.7. The molecule has 2 aromatic carbocycles. The SMILES string of the molecule is CCOC(=O)N(c1ccc(OC)cc1)S(=O)(=O)c1ccc(Cl)cc1. The quantitative estimate of drug-likeness (QED) is 0.803. The second-order valence-corrected chi connectivity index (χ2v) is 6.84. The summed E-state index contributed by atoms with van der Waals surface area (Å²) in [6, 6.07) is 11.6. The summed E-state index contributed by atoms with van der Waals surface area (Å²) in [6.45, 7) is 1.64.